The molecule has 1 fully saturated rings. The van der Waals surface area contributed by atoms with E-state index in [-0.39, 0.29) is 24.8 Å². The van der Waals surface area contributed by atoms with Crippen LogP contribution >= 0.6 is 0 Å². The Morgan fingerprint density at radius 3 is 2.58 bits per heavy atom. The lowest BCUT2D eigenvalue weighted by Crippen LogP contribution is -2.57. The van der Waals surface area contributed by atoms with E-state index in [9.17, 15) is 14.3 Å². The van der Waals surface area contributed by atoms with Crippen molar-refractivity contribution in [3.8, 4) is 0 Å². The lowest BCUT2D eigenvalue weighted by atomic mass is 9.91. The maximum Gasteiger partial charge on any atom is 0.256 e. The third-order valence-electron chi connectivity index (χ3n) is 5.02. The number of carbonyl (C=O) groups is 1. The summed E-state index contributed by atoms with van der Waals surface area (Å²) in [6.45, 7) is 3.54. The number of aliphatic hydroxyl groups is 1. The number of nitrogens with one attached hydrogen (secondary N) is 1. The van der Waals surface area contributed by atoms with Crippen LogP contribution in [0, 0.1) is 12.7 Å². The van der Waals surface area contributed by atoms with Crippen LogP contribution in [0.3, 0.4) is 0 Å². The van der Waals surface area contributed by atoms with E-state index in [1.54, 1.807) is 23.1 Å². The Labute approximate surface area is 153 Å². The fourth-order valence-corrected chi connectivity index (χ4v) is 3.42. The number of nitrogens with zero attached hydrogens (tertiary/aromatic N) is 1. The van der Waals surface area contributed by atoms with Crippen LogP contribution in [-0.4, -0.2) is 34.6 Å². The number of aryl methyl sites for hydroxylation is 1. The Kier molecular flexibility index (Phi) is 5.69. The van der Waals surface area contributed by atoms with E-state index in [2.05, 4.69) is 5.32 Å². The molecule has 1 amide bonds. The van der Waals surface area contributed by atoms with Crippen molar-refractivity contribution in [2.24, 2.45) is 0 Å². The van der Waals surface area contributed by atoms with Gasteiger partial charge in [0.2, 0.25) is 0 Å². The molecule has 5 heteroatoms. The van der Waals surface area contributed by atoms with Gasteiger partial charge in [-0.3, -0.25) is 4.79 Å². The molecule has 26 heavy (non-hydrogen) atoms. The fraction of sp³-hybridized carbons (Fsp3) is 0.381. The second kappa shape index (κ2) is 7.98. The molecule has 2 aromatic rings. The summed E-state index contributed by atoms with van der Waals surface area (Å²) in [6, 6.07) is 14.5. The van der Waals surface area contributed by atoms with Gasteiger partial charge >= 0.3 is 0 Å². The van der Waals surface area contributed by atoms with Gasteiger partial charge in [-0.2, -0.15) is 0 Å². The number of hydrogen-bond acceptors (Lipinski definition) is 3. The largest absolute Gasteiger partial charge is 0.379 e. The zero-order valence-electron chi connectivity index (χ0n) is 15.0. The molecule has 1 saturated heterocycles. The zero-order valence-corrected chi connectivity index (χ0v) is 15.0. The fourth-order valence-electron chi connectivity index (χ4n) is 3.42. The van der Waals surface area contributed by atoms with Crippen molar-refractivity contribution in [1.82, 2.24) is 10.2 Å². The second-order valence-corrected chi connectivity index (χ2v) is 6.98. The molecule has 1 aliphatic rings. The van der Waals surface area contributed by atoms with Gasteiger partial charge in [-0.15, -0.1) is 0 Å². The van der Waals surface area contributed by atoms with Gasteiger partial charge in [0.15, 0.2) is 5.60 Å². The van der Waals surface area contributed by atoms with Gasteiger partial charge in [-0.25, -0.2) is 4.39 Å². The minimum absolute atomic E-state index is 0.186. The predicted molar refractivity (Wildman–Crippen MR) is 98.9 cm³/mol. The molecule has 0 bridgehead atoms. The number of hydrogen-bond donors (Lipinski definition) is 2. The molecule has 0 aromatic heterocycles. The number of benzene rings is 2. The van der Waals surface area contributed by atoms with E-state index in [0.717, 1.165) is 5.56 Å². The van der Waals surface area contributed by atoms with Crippen LogP contribution in [0.5, 0.6) is 0 Å². The average molecular weight is 356 g/mol. The lowest BCUT2D eigenvalue weighted by Gasteiger charge is -2.38. The summed E-state index contributed by atoms with van der Waals surface area (Å²) in [4.78, 5) is 14.3. The highest BCUT2D eigenvalue weighted by atomic mass is 19.1. The highest BCUT2D eigenvalue weighted by molar-refractivity contribution is 5.86. The van der Waals surface area contributed by atoms with Gasteiger partial charge in [-0.05, 0) is 37.0 Å². The van der Waals surface area contributed by atoms with Crippen molar-refractivity contribution in [3.05, 3.63) is 71.0 Å². The van der Waals surface area contributed by atoms with Crippen LogP contribution < -0.4 is 5.32 Å². The minimum atomic E-state index is -1.44. The molecule has 1 unspecified atom stereocenters. The molecule has 1 heterocycles. The summed E-state index contributed by atoms with van der Waals surface area (Å²) in [5.74, 6) is -0.656. The molecule has 3 rings (SSSR count). The Balaban J connectivity index is 1.62. The summed E-state index contributed by atoms with van der Waals surface area (Å²) in [5, 5.41) is 14.1. The summed E-state index contributed by atoms with van der Waals surface area (Å²) < 4.78 is 13.9. The predicted octanol–water partition coefficient (Wildman–Crippen LogP) is 2.78. The van der Waals surface area contributed by atoms with Gasteiger partial charge < -0.3 is 15.3 Å². The molecule has 2 aromatic carbocycles. The topological polar surface area (TPSA) is 52.6 Å². The summed E-state index contributed by atoms with van der Waals surface area (Å²) in [6.07, 6.45) is 1.11. The summed E-state index contributed by atoms with van der Waals surface area (Å²) in [5.41, 5.74) is 1.34. The molecular formula is C21H25FN2O2. The van der Waals surface area contributed by atoms with Gasteiger partial charge in [0.05, 0.1) is 0 Å². The van der Waals surface area contributed by atoms with Crippen molar-refractivity contribution >= 4 is 5.91 Å². The van der Waals surface area contributed by atoms with E-state index in [0.29, 0.717) is 31.5 Å². The standard InChI is InChI=1S/C21H25FN2O2/c1-16-7-2-3-8-17(16)13-23-15-21(26)11-6-12-24(20(21)25)14-18-9-4-5-10-19(18)22/h2-5,7-10,23,26H,6,11-15H2,1H3. The molecule has 1 aliphatic heterocycles. The smallest absolute Gasteiger partial charge is 0.256 e. The number of rotatable bonds is 6. The van der Waals surface area contributed by atoms with Crippen LogP contribution in [0.2, 0.25) is 0 Å². The van der Waals surface area contributed by atoms with E-state index >= 15 is 0 Å². The quantitative estimate of drug-likeness (QED) is 0.837. The maximum atomic E-state index is 13.9. The van der Waals surface area contributed by atoms with Crippen molar-refractivity contribution < 1.29 is 14.3 Å². The SMILES string of the molecule is Cc1ccccc1CNCC1(O)CCCN(Cc2ccccc2F)C1=O. The highest BCUT2D eigenvalue weighted by Crippen LogP contribution is 2.24. The first-order valence-electron chi connectivity index (χ1n) is 9.00. The number of amides is 1. The van der Waals surface area contributed by atoms with Crippen LogP contribution in [0.15, 0.2) is 48.5 Å². The van der Waals surface area contributed by atoms with Crippen molar-refractivity contribution in [1.29, 1.82) is 0 Å². The summed E-state index contributed by atoms with van der Waals surface area (Å²) >= 11 is 0. The highest BCUT2D eigenvalue weighted by Gasteiger charge is 2.41. The van der Waals surface area contributed by atoms with E-state index in [4.69, 9.17) is 0 Å². The van der Waals surface area contributed by atoms with Crippen LogP contribution in [0.25, 0.3) is 0 Å². The number of likely N-dealkylation sites (tertiary alicyclic amines) is 1. The zero-order chi connectivity index (χ0) is 18.6. The molecule has 1 atom stereocenters. The number of piperidine rings is 1. The monoisotopic (exact) mass is 356 g/mol. The third-order valence-corrected chi connectivity index (χ3v) is 5.02. The number of carbonyl (C=O) groups excluding carboxylic acids is 1. The van der Waals surface area contributed by atoms with Crippen molar-refractivity contribution in [3.63, 3.8) is 0 Å². The van der Waals surface area contributed by atoms with Gasteiger partial charge in [0, 0.05) is 31.7 Å². The van der Waals surface area contributed by atoms with E-state index in [1.165, 1.54) is 11.6 Å². The van der Waals surface area contributed by atoms with Gasteiger partial charge in [0.1, 0.15) is 5.82 Å². The Bertz CT molecular complexity index is 780. The molecule has 2 N–H and O–H groups in total. The van der Waals surface area contributed by atoms with Crippen LogP contribution in [-0.2, 0) is 17.9 Å². The van der Waals surface area contributed by atoms with E-state index < -0.39 is 5.60 Å². The normalized spacial score (nSPS) is 20.4. The van der Waals surface area contributed by atoms with Crippen molar-refractivity contribution in [2.75, 3.05) is 13.1 Å². The Morgan fingerprint density at radius 1 is 1.15 bits per heavy atom. The third kappa shape index (κ3) is 4.11. The Morgan fingerprint density at radius 2 is 1.85 bits per heavy atom. The van der Waals surface area contributed by atoms with E-state index in [1.807, 2.05) is 31.2 Å². The maximum absolute atomic E-state index is 13.9. The first-order valence-corrected chi connectivity index (χ1v) is 9.00. The van der Waals surface area contributed by atoms with Crippen LogP contribution in [0.4, 0.5) is 4.39 Å². The molecule has 138 valence electrons. The minimum Gasteiger partial charge on any atom is -0.379 e. The van der Waals surface area contributed by atoms with Gasteiger partial charge in [0.25, 0.3) is 5.91 Å². The van der Waals surface area contributed by atoms with Gasteiger partial charge in [-0.1, -0.05) is 42.5 Å². The van der Waals surface area contributed by atoms with Crippen molar-refractivity contribution in [2.45, 2.75) is 38.5 Å². The van der Waals surface area contributed by atoms with Crippen LogP contribution in [0.1, 0.15) is 29.5 Å². The Hall–Kier alpha value is -2.24. The molecule has 4 nitrogen and oxygen atoms in total. The molecule has 0 radical (unpaired) electrons. The molecule has 0 aliphatic carbocycles. The second-order valence-electron chi connectivity index (χ2n) is 6.98. The summed E-state index contributed by atoms with van der Waals surface area (Å²) in [7, 11) is 0. The first-order chi connectivity index (χ1) is 12.5. The molecular weight excluding hydrogens is 331 g/mol. The number of halogens is 1. The lowest BCUT2D eigenvalue weighted by molar-refractivity contribution is -0.157. The molecule has 0 spiro atoms. The average Bonchev–Trinajstić information content (AvgIpc) is 2.63. The molecule has 0 saturated carbocycles. The first kappa shape index (κ1) is 18.5.